The van der Waals surface area contributed by atoms with Crippen molar-refractivity contribution in [3.05, 3.63) is 34.9 Å². The molecule has 0 aliphatic rings. The number of rotatable bonds is 5. The molecule has 1 heteroatoms. The molecule has 1 N–H and O–H groups in total. The van der Waals surface area contributed by atoms with Gasteiger partial charge in [0.05, 0.1) is 0 Å². The van der Waals surface area contributed by atoms with E-state index in [0.29, 0.717) is 17.9 Å². The Hall–Kier alpha value is -0.820. The molecule has 1 unspecified atom stereocenters. The van der Waals surface area contributed by atoms with Gasteiger partial charge in [-0.15, -0.1) is 0 Å². The Morgan fingerprint density at radius 2 is 1.65 bits per heavy atom. The van der Waals surface area contributed by atoms with Crippen LogP contribution in [0.25, 0.3) is 0 Å². The lowest BCUT2D eigenvalue weighted by Crippen LogP contribution is -2.17. The summed E-state index contributed by atoms with van der Waals surface area (Å²) in [6.45, 7) is 11.3. The smallest absolute Gasteiger partial charge is 0.0317 e. The van der Waals surface area contributed by atoms with Gasteiger partial charge >= 0.3 is 0 Å². The van der Waals surface area contributed by atoms with Crippen molar-refractivity contribution in [3.8, 4) is 0 Å². The van der Waals surface area contributed by atoms with E-state index in [2.05, 4.69) is 65.2 Å². The summed E-state index contributed by atoms with van der Waals surface area (Å²) in [7, 11) is 2.05. The molecule has 0 aliphatic carbocycles. The first kappa shape index (κ1) is 14.2. The molecule has 0 heterocycles. The van der Waals surface area contributed by atoms with Crippen molar-refractivity contribution in [1.82, 2.24) is 5.32 Å². The zero-order chi connectivity index (χ0) is 13.0. The molecule has 0 saturated carbocycles. The van der Waals surface area contributed by atoms with E-state index in [9.17, 15) is 0 Å². The van der Waals surface area contributed by atoms with Gasteiger partial charge < -0.3 is 5.32 Å². The van der Waals surface area contributed by atoms with E-state index in [1.165, 1.54) is 16.7 Å². The maximum Gasteiger partial charge on any atom is 0.0317 e. The summed E-state index contributed by atoms with van der Waals surface area (Å²) in [5.74, 6) is 1.20. The van der Waals surface area contributed by atoms with E-state index in [4.69, 9.17) is 0 Å². The van der Waals surface area contributed by atoms with Crippen LogP contribution in [0.1, 0.15) is 75.6 Å². The van der Waals surface area contributed by atoms with Gasteiger partial charge in [-0.2, -0.15) is 0 Å². The molecule has 0 fully saturated rings. The van der Waals surface area contributed by atoms with Crippen LogP contribution in [-0.4, -0.2) is 7.05 Å². The van der Waals surface area contributed by atoms with Crippen LogP contribution in [0, 0.1) is 0 Å². The molecule has 1 rings (SSSR count). The molecule has 0 spiro atoms. The molecule has 0 saturated heterocycles. The second-order valence-corrected chi connectivity index (χ2v) is 5.45. The van der Waals surface area contributed by atoms with Gasteiger partial charge in [0.2, 0.25) is 0 Å². The van der Waals surface area contributed by atoms with Gasteiger partial charge in [-0.3, -0.25) is 0 Å². The molecule has 96 valence electrons. The van der Waals surface area contributed by atoms with Crippen molar-refractivity contribution in [3.63, 3.8) is 0 Å². The third-order valence-electron chi connectivity index (χ3n) is 3.53. The molecule has 1 atom stereocenters. The van der Waals surface area contributed by atoms with E-state index in [0.717, 1.165) is 6.42 Å². The minimum Gasteiger partial charge on any atom is -0.313 e. The van der Waals surface area contributed by atoms with Gasteiger partial charge in [-0.25, -0.2) is 0 Å². The fourth-order valence-electron chi connectivity index (χ4n) is 2.35. The zero-order valence-electron chi connectivity index (χ0n) is 12.2. The van der Waals surface area contributed by atoms with Crippen molar-refractivity contribution < 1.29 is 0 Å². The van der Waals surface area contributed by atoms with Gasteiger partial charge in [0.25, 0.3) is 0 Å². The van der Waals surface area contributed by atoms with Crippen LogP contribution in [0.4, 0.5) is 0 Å². The first-order valence-electron chi connectivity index (χ1n) is 6.82. The number of hydrogen-bond acceptors (Lipinski definition) is 1. The molecule has 0 bridgehead atoms. The Bertz CT molecular complexity index is 349. The van der Waals surface area contributed by atoms with Crippen molar-refractivity contribution in [2.45, 2.75) is 58.9 Å². The maximum absolute atomic E-state index is 3.41. The van der Waals surface area contributed by atoms with E-state index in [1.807, 2.05) is 0 Å². The summed E-state index contributed by atoms with van der Waals surface area (Å²) in [5.41, 5.74) is 4.41. The number of hydrogen-bond donors (Lipinski definition) is 1. The fourth-order valence-corrected chi connectivity index (χ4v) is 2.35. The van der Waals surface area contributed by atoms with Crippen molar-refractivity contribution in [2.75, 3.05) is 7.05 Å². The first-order valence-corrected chi connectivity index (χ1v) is 6.82. The standard InChI is InChI=1S/C16H27N/c1-7-16(17-6)14-9-8-13(11(2)3)10-15(14)12(4)5/h8-12,16-17H,7H2,1-6H3. The van der Waals surface area contributed by atoms with Crippen LogP contribution in [0.2, 0.25) is 0 Å². The Balaban J connectivity index is 3.21. The normalized spacial score (nSPS) is 13.4. The third kappa shape index (κ3) is 3.32. The van der Waals surface area contributed by atoms with Crippen molar-refractivity contribution >= 4 is 0 Å². The maximum atomic E-state index is 3.41. The zero-order valence-corrected chi connectivity index (χ0v) is 12.2. The SMILES string of the molecule is CCC(NC)c1ccc(C(C)C)cc1C(C)C. The summed E-state index contributed by atoms with van der Waals surface area (Å²) in [5, 5.41) is 3.41. The average Bonchev–Trinajstić information content (AvgIpc) is 2.30. The van der Waals surface area contributed by atoms with Gasteiger partial charge in [0.1, 0.15) is 0 Å². The van der Waals surface area contributed by atoms with Crippen molar-refractivity contribution in [2.24, 2.45) is 0 Å². The lowest BCUT2D eigenvalue weighted by atomic mass is 9.88. The largest absolute Gasteiger partial charge is 0.313 e. The molecule has 0 aromatic heterocycles. The average molecular weight is 233 g/mol. The Kier molecular flexibility index (Phi) is 5.20. The summed E-state index contributed by atoms with van der Waals surface area (Å²) >= 11 is 0. The lowest BCUT2D eigenvalue weighted by molar-refractivity contribution is 0.567. The Morgan fingerprint density at radius 1 is 1.00 bits per heavy atom. The van der Waals surface area contributed by atoms with Crippen molar-refractivity contribution in [1.29, 1.82) is 0 Å². The second-order valence-electron chi connectivity index (χ2n) is 5.45. The monoisotopic (exact) mass is 233 g/mol. The Morgan fingerprint density at radius 3 is 2.06 bits per heavy atom. The lowest BCUT2D eigenvalue weighted by Gasteiger charge is -2.22. The molecule has 0 radical (unpaired) electrons. The summed E-state index contributed by atoms with van der Waals surface area (Å²) in [4.78, 5) is 0. The first-order chi connectivity index (χ1) is 8.01. The van der Waals surface area contributed by atoms with E-state index in [-0.39, 0.29) is 0 Å². The fraction of sp³-hybridized carbons (Fsp3) is 0.625. The van der Waals surface area contributed by atoms with Crippen LogP contribution in [0.15, 0.2) is 18.2 Å². The van der Waals surface area contributed by atoms with Crippen LogP contribution >= 0.6 is 0 Å². The van der Waals surface area contributed by atoms with Gasteiger partial charge in [0, 0.05) is 6.04 Å². The van der Waals surface area contributed by atoms with E-state index >= 15 is 0 Å². The van der Waals surface area contributed by atoms with Crippen LogP contribution < -0.4 is 5.32 Å². The second kappa shape index (κ2) is 6.20. The molecular weight excluding hydrogens is 206 g/mol. The summed E-state index contributed by atoms with van der Waals surface area (Å²) in [6.07, 6.45) is 1.14. The minimum atomic E-state index is 0.480. The molecule has 1 nitrogen and oxygen atoms in total. The van der Waals surface area contributed by atoms with Gasteiger partial charge in [-0.05, 0) is 42.0 Å². The highest BCUT2D eigenvalue weighted by Gasteiger charge is 2.15. The Labute approximate surface area is 107 Å². The quantitative estimate of drug-likeness (QED) is 0.783. The van der Waals surface area contributed by atoms with Crippen LogP contribution in [0.3, 0.4) is 0 Å². The predicted octanol–water partition coefficient (Wildman–Crippen LogP) is 4.60. The van der Waals surface area contributed by atoms with E-state index in [1.54, 1.807) is 0 Å². The molecular formula is C16H27N. The molecule has 1 aromatic carbocycles. The van der Waals surface area contributed by atoms with Gasteiger partial charge in [0.15, 0.2) is 0 Å². The third-order valence-corrected chi connectivity index (χ3v) is 3.53. The highest BCUT2D eigenvalue weighted by atomic mass is 14.9. The minimum absolute atomic E-state index is 0.480. The molecule has 1 aromatic rings. The van der Waals surface area contributed by atoms with Crippen LogP contribution in [-0.2, 0) is 0 Å². The molecule has 0 aliphatic heterocycles. The summed E-state index contributed by atoms with van der Waals surface area (Å²) < 4.78 is 0. The molecule has 17 heavy (non-hydrogen) atoms. The topological polar surface area (TPSA) is 12.0 Å². The van der Waals surface area contributed by atoms with Gasteiger partial charge in [-0.1, -0.05) is 52.8 Å². The molecule has 0 amide bonds. The predicted molar refractivity (Wildman–Crippen MR) is 76.7 cm³/mol. The number of benzene rings is 1. The summed E-state index contributed by atoms with van der Waals surface area (Å²) in [6, 6.07) is 7.47. The number of nitrogens with one attached hydrogen (secondary N) is 1. The highest BCUT2D eigenvalue weighted by molar-refractivity contribution is 5.37. The highest BCUT2D eigenvalue weighted by Crippen LogP contribution is 2.29. The van der Waals surface area contributed by atoms with Crippen LogP contribution in [0.5, 0.6) is 0 Å². The van der Waals surface area contributed by atoms with E-state index < -0.39 is 0 Å².